The van der Waals surface area contributed by atoms with Gasteiger partial charge in [0.05, 0.1) is 17.8 Å². The van der Waals surface area contributed by atoms with Crippen LogP contribution in [0.15, 0.2) is 38.0 Å². The van der Waals surface area contributed by atoms with Crippen molar-refractivity contribution in [3.63, 3.8) is 0 Å². The van der Waals surface area contributed by atoms with E-state index in [1.807, 2.05) is 39.0 Å². The molecule has 0 saturated heterocycles. The molecule has 0 aliphatic rings. The van der Waals surface area contributed by atoms with Gasteiger partial charge in [0.15, 0.2) is 0 Å². The zero-order chi connectivity index (χ0) is 95.5. The Morgan fingerprint density at radius 3 is 0.616 bits per heavy atom. The van der Waals surface area contributed by atoms with E-state index in [0.717, 1.165) is 127 Å². The van der Waals surface area contributed by atoms with Crippen molar-refractivity contribution in [3.05, 3.63) is 38.0 Å². The Bertz CT molecular complexity index is 1360. The van der Waals surface area contributed by atoms with Gasteiger partial charge >= 0.3 is 0 Å². The molecule has 0 amide bonds. The summed E-state index contributed by atoms with van der Waals surface area (Å²) >= 11 is 0. The molecule has 4 nitrogen and oxygen atoms in total. The average Bonchev–Trinajstić information content (AvgIpc) is 0.965. The Labute approximate surface area is 726 Å². The van der Waals surface area contributed by atoms with E-state index in [1.165, 1.54) is 57.8 Å². The van der Waals surface area contributed by atoms with Crippen molar-refractivity contribution in [2.75, 3.05) is 6.61 Å². The maximum Gasteiger partial charge on any atom is 0.0621 e. The molecule has 0 rings (SSSR count). The molecule has 1 atom stereocenters. The topological polar surface area (TPSA) is 84.5 Å². The van der Waals surface area contributed by atoms with Gasteiger partial charge in [-0.25, -0.2) is 0 Å². The van der Waals surface area contributed by atoms with Crippen molar-refractivity contribution in [2.24, 2.45) is 129 Å². The van der Waals surface area contributed by atoms with E-state index in [1.54, 1.807) is 0 Å². The van der Waals surface area contributed by atoms with Gasteiger partial charge in [0.25, 0.3) is 0 Å². The molecule has 0 bridgehead atoms. The molecule has 0 aromatic heterocycles. The molecule has 1 unspecified atom stereocenters. The highest BCUT2D eigenvalue weighted by molar-refractivity contribution is 4.71. The summed E-state index contributed by atoms with van der Waals surface area (Å²) < 4.78 is 0. The van der Waals surface area contributed by atoms with Crippen LogP contribution in [0, 0.1) is 141 Å². The van der Waals surface area contributed by atoms with E-state index in [4.69, 9.17) is 15.5 Å². The van der Waals surface area contributed by atoms with Crippen LogP contribution >= 0.6 is 0 Å². The molecule has 0 spiro atoms. The maximum atomic E-state index is 9.19. The van der Waals surface area contributed by atoms with E-state index in [9.17, 15) is 5.11 Å². The van der Waals surface area contributed by atoms with Crippen molar-refractivity contribution in [1.29, 1.82) is 5.26 Å². The number of allylic oxidation sites excluding steroid dienone is 3. The van der Waals surface area contributed by atoms with Crippen LogP contribution in [0.25, 0.3) is 0 Å². The summed E-state index contributed by atoms with van der Waals surface area (Å²) in [5, 5.41) is 34.2. The lowest BCUT2D eigenvalue weighted by Crippen LogP contribution is -2.20. The highest BCUT2D eigenvalue weighted by Crippen LogP contribution is 2.24. The number of nitriles is 1. The highest BCUT2D eigenvalue weighted by Gasteiger charge is 2.14. The minimum Gasteiger partial charge on any atom is -0.396 e. The van der Waals surface area contributed by atoms with Gasteiger partial charge in [0.1, 0.15) is 0 Å². The van der Waals surface area contributed by atoms with Crippen molar-refractivity contribution >= 4 is 0 Å². The lowest BCUT2D eigenvalue weighted by molar-refractivity contribution is 0.0578. The van der Waals surface area contributed by atoms with Gasteiger partial charge in [-0.2, -0.15) is 5.26 Å². The summed E-state index contributed by atoms with van der Waals surface area (Å²) in [7, 11) is 0. The number of aliphatic hydroxyl groups is 3. The van der Waals surface area contributed by atoms with Gasteiger partial charge in [-0.05, 0) is 201 Å². The van der Waals surface area contributed by atoms with Crippen LogP contribution in [0.3, 0.4) is 0 Å². The fourth-order valence-corrected chi connectivity index (χ4v) is 5.49. The largest absolute Gasteiger partial charge is 0.396 e. The first-order valence-electron chi connectivity index (χ1n) is 47.2. The minimum atomic E-state index is -0.478. The molecule has 0 saturated carbocycles. The Hall–Kier alpha value is -1.41. The van der Waals surface area contributed by atoms with Gasteiger partial charge in [0, 0.05) is 13.0 Å². The first-order chi connectivity index (χ1) is 50.0. The molecule has 0 radical (unpaired) electrons. The first kappa shape index (κ1) is 162. The van der Waals surface area contributed by atoms with Gasteiger partial charge < -0.3 is 15.3 Å². The summed E-state index contributed by atoms with van der Waals surface area (Å²) in [6.07, 6.45) is 24.6. The number of hydrogen-bond acceptors (Lipinski definition) is 4. The quantitative estimate of drug-likeness (QED) is 0.0943. The van der Waals surface area contributed by atoms with Crippen molar-refractivity contribution in [3.8, 4) is 6.07 Å². The van der Waals surface area contributed by atoms with Crippen molar-refractivity contribution in [2.45, 2.75) is 530 Å². The Balaban J connectivity index is -0.0000000444. The molecule has 0 aromatic rings. The number of rotatable bonds is 22. The second kappa shape index (κ2) is 128. The fourth-order valence-electron chi connectivity index (χ4n) is 5.49. The Morgan fingerprint density at radius 1 is 0.339 bits per heavy atom. The Kier molecular flexibility index (Phi) is 185. The molecule has 4 heteroatoms. The second-order valence-electron chi connectivity index (χ2n) is 43.7. The monoisotopic (exact) mass is 1610 g/mol. The molecule has 0 aliphatic carbocycles. The van der Waals surface area contributed by atoms with Crippen molar-refractivity contribution in [1.82, 2.24) is 0 Å². The molecule has 0 heterocycles. The smallest absolute Gasteiger partial charge is 0.0621 e. The lowest BCUT2D eigenvalue weighted by Gasteiger charge is -2.22. The second-order valence-corrected chi connectivity index (χ2v) is 43.7. The van der Waals surface area contributed by atoms with E-state index >= 15 is 0 Å². The highest BCUT2D eigenvalue weighted by atomic mass is 16.3. The third-order valence-electron chi connectivity index (χ3n) is 11.7. The summed E-state index contributed by atoms with van der Waals surface area (Å²) in [5.74, 6) is 15.8. The Morgan fingerprint density at radius 2 is 0.589 bits per heavy atom. The molecule has 0 aliphatic heterocycles. The number of hydrogen-bond donors (Lipinski definition) is 3. The maximum absolute atomic E-state index is 9.19. The van der Waals surface area contributed by atoms with E-state index < -0.39 is 5.60 Å². The van der Waals surface area contributed by atoms with Gasteiger partial charge in [-0.1, -0.05) is 458 Å². The van der Waals surface area contributed by atoms with Crippen LogP contribution in [0.1, 0.15) is 518 Å². The summed E-state index contributed by atoms with van der Waals surface area (Å²) in [4.78, 5) is 0. The third kappa shape index (κ3) is 605. The van der Waals surface area contributed by atoms with E-state index in [0.29, 0.717) is 53.4 Å². The van der Waals surface area contributed by atoms with Gasteiger partial charge in [-0.3, -0.25) is 0 Å². The molecule has 702 valence electrons. The summed E-state index contributed by atoms with van der Waals surface area (Å²) in [6, 6.07) is 2.10. The predicted octanol–water partition coefficient (Wildman–Crippen LogP) is 39.6. The van der Waals surface area contributed by atoms with Crippen LogP contribution in [-0.4, -0.2) is 33.6 Å². The number of unbranched alkanes of at least 4 members (excludes halogenated alkanes) is 1. The van der Waals surface area contributed by atoms with Crippen LogP contribution in [0.5, 0.6) is 0 Å². The zero-order valence-electron chi connectivity index (χ0n) is 91.8. The van der Waals surface area contributed by atoms with Gasteiger partial charge in [0.2, 0.25) is 0 Å². The van der Waals surface area contributed by atoms with Crippen LogP contribution < -0.4 is 0 Å². The predicted molar refractivity (Wildman–Crippen MR) is 543 cm³/mol. The van der Waals surface area contributed by atoms with Crippen LogP contribution in [0.2, 0.25) is 0 Å². The summed E-state index contributed by atoms with van der Waals surface area (Å²) in [5.41, 5.74) is 0.544. The molecule has 3 N–H and O–H groups in total. The zero-order valence-corrected chi connectivity index (χ0v) is 91.8. The van der Waals surface area contributed by atoms with Gasteiger partial charge in [-0.15, -0.1) is 19.7 Å². The molecule has 112 heavy (non-hydrogen) atoms. The average molecular weight is 1610 g/mol. The van der Waals surface area contributed by atoms with Crippen molar-refractivity contribution < 1.29 is 15.3 Å². The fraction of sp³-hybridized carbons (Fsp3) is 0.935. The molecule has 0 aromatic carbocycles. The van der Waals surface area contributed by atoms with E-state index in [2.05, 4.69) is 420 Å². The van der Waals surface area contributed by atoms with Crippen LogP contribution in [-0.2, 0) is 0 Å². The van der Waals surface area contributed by atoms with E-state index in [-0.39, 0.29) is 6.10 Å². The number of nitrogens with zero attached hydrogens (tertiary/aromatic N) is 1. The normalized spacial score (nSPS) is 10.4. The minimum absolute atomic E-state index is 0.125. The lowest BCUT2D eigenvalue weighted by atomic mass is 9.84. The molecule has 0 fully saturated rings. The molecular formula is C108H247NO3. The third-order valence-corrected chi connectivity index (χ3v) is 11.7. The summed E-state index contributed by atoms with van der Waals surface area (Å²) in [6.45, 7) is 141. The standard InChI is InChI=1S/C8H18.C7H16O.2C7H16.C7H14.C6H11N.C6H14O.C6H14.C6H12.C5H12O.2C5H12.C5H10.7C4H10/c1-7(2)6-8(3,4)5;1-6(2)5-7(3,4)8;1-6(2)7(3,4)5;2*1-4-5-6-7(2)3;1-6(2)4-3-5-7;1-5(2)4-6(3)7;2*1-4-5-6(2)3;1-5(2)3-4-6;3*1-4-5(2)3;7*1-4(2)3/h7H,6H2,1-5H3;6,8H,5H2,1-4H3;6H,1-5H3;7H,4-6H2,1-3H3;4,7H,1,5-6H2,2-3H3;6H,3-4H2,1-2H3;5-7H,4H2,1-3H3;6H,4-5H2,1-3H3;4,6H,1,5H2,2-3H3;5-6H,3-4H2,1-2H3;2*5H,4H2,1-3H3;4-5H,1H2,2-3H3;7*4H,1-3H3. The van der Waals surface area contributed by atoms with Crippen LogP contribution in [0.4, 0.5) is 0 Å². The number of aliphatic hydroxyl groups excluding tert-OH is 2. The molecular weight excluding hydrogens is 1360 g/mol. The first-order valence-corrected chi connectivity index (χ1v) is 47.2. The SMILES string of the molecule is C=CC(C)C.C=CCC(C)C.C=CCCC(C)C.CC(C)C.CC(C)C.CC(C)C.CC(C)C.CC(C)C.CC(C)C.CC(C)C.CC(C)C(C)(C)C.CC(C)CC(C)(C)C.CC(C)CC(C)(C)O.CC(C)CC(C)O.CC(C)CCC#N.CC(C)CCO.CCC(C)C.CCC(C)C.CCCC(C)C.CCCCC(C)C.